The molecule has 0 spiro atoms. The van der Waals surface area contributed by atoms with Crippen molar-refractivity contribution in [3.8, 4) is 0 Å². The molecule has 30 heavy (non-hydrogen) atoms. The number of hydrogen-bond donors (Lipinski definition) is 1. The third-order valence-corrected chi connectivity index (χ3v) is 6.86. The van der Waals surface area contributed by atoms with E-state index in [1.807, 2.05) is 30.9 Å². The number of aryl methyl sites for hydroxylation is 3. The van der Waals surface area contributed by atoms with Crippen molar-refractivity contribution in [2.75, 3.05) is 44.3 Å². The van der Waals surface area contributed by atoms with Gasteiger partial charge in [-0.15, -0.1) is 0 Å². The Labute approximate surface area is 182 Å². The van der Waals surface area contributed by atoms with Crippen LogP contribution in [0.1, 0.15) is 33.5 Å². The molecule has 2 heterocycles. The van der Waals surface area contributed by atoms with Gasteiger partial charge in [-0.2, -0.15) is 0 Å². The van der Waals surface area contributed by atoms with Crippen LogP contribution in [0.2, 0.25) is 0 Å². The van der Waals surface area contributed by atoms with E-state index in [0.29, 0.717) is 6.54 Å². The molecule has 1 saturated heterocycles. The summed E-state index contributed by atoms with van der Waals surface area (Å²) in [5.41, 5.74) is 5.01. The predicted molar refractivity (Wildman–Crippen MR) is 123 cm³/mol. The van der Waals surface area contributed by atoms with Gasteiger partial charge in [-0.3, -0.25) is 9.69 Å². The molecule has 1 aromatic heterocycles. The zero-order chi connectivity index (χ0) is 21.1. The number of thiazole rings is 1. The molecule has 0 atom stereocenters. The number of quaternary nitrogens is 1. The third-order valence-electron chi connectivity index (χ3n) is 5.82. The Hall–Kier alpha value is -2.28. The smallest absolute Gasteiger partial charge is 0.260 e. The number of aromatic nitrogens is 1. The van der Waals surface area contributed by atoms with E-state index in [-0.39, 0.29) is 5.91 Å². The summed E-state index contributed by atoms with van der Waals surface area (Å²) in [5, 5.41) is 0.794. The maximum Gasteiger partial charge on any atom is 0.260 e. The van der Waals surface area contributed by atoms with E-state index in [9.17, 15) is 4.79 Å². The summed E-state index contributed by atoms with van der Waals surface area (Å²) in [6.45, 7) is 11.6. The highest BCUT2D eigenvalue weighted by Crippen LogP contribution is 2.31. The lowest BCUT2D eigenvalue weighted by molar-refractivity contribution is -0.908. The molecule has 1 aliphatic heterocycles. The second-order valence-corrected chi connectivity index (χ2v) is 9.17. The van der Waals surface area contributed by atoms with Crippen molar-refractivity contribution < 1.29 is 14.4 Å². The molecule has 0 bridgehead atoms. The van der Waals surface area contributed by atoms with Crippen molar-refractivity contribution >= 4 is 32.6 Å². The van der Waals surface area contributed by atoms with Gasteiger partial charge in [-0.1, -0.05) is 41.2 Å². The molecule has 4 rings (SSSR count). The Bertz CT molecular complexity index is 1040. The number of nitrogens with zero attached hydrogens (tertiary/aromatic N) is 2. The second-order valence-electron chi connectivity index (χ2n) is 8.16. The molecule has 1 aliphatic rings. The fourth-order valence-electron chi connectivity index (χ4n) is 3.98. The molecule has 0 saturated carbocycles. The van der Waals surface area contributed by atoms with Crippen LogP contribution in [0.25, 0.3) is 10.2 Å². The Morgan fingerprint density at radius 3 is 2.70 bits per heavy atom. The zero-order valence-electron chi connectivity index (χ0n) is 18.0. The standard InChI is InChI=1S/C24H29N3O2S/c1-17-8-9-18(2)20(16-17)23(28)27(11-5-10-26-12-14-29-15-13-26)24-25-22-19(3)6-4-7-21(22)30-24/h4,6-9,16H,5,10-15H2,1-3H3/p+1. The van der Waals surface area contributed by atoms with Crippen LogP contribution in [0.4, 0.5) is 5.13 Å². The molecule has 5 nitrogen and oxygen atoms in total. The van der Waals surface area contributed by atoms with E-state index in [1.54, 1.807) is 16.2 Å². The Kier molecular flexibility index (Phi) is 6.46. The molecule has 2 aromatic carbocycles. The van der Waals surface area contributed by atoms with Crippen molar-refractivity contribution in [2.45, 2.75) is 27.2 Å². The molecule has 1 fully saturated rings. The van der Waals surface area contributed by atoms with Crippen molar-refractivity contribution in [3.63, 3.8) is 0 Å². The highest BCUT2D eigenvalue weighted by Gasteiger charge is 2.24. The fraction of sp³-hybridized carbons (Fsp3) is 0.417. The topological polar surface area (TPSA) is 46.9 Å². The molecule has 0 aliphatic carbocycles. The van der Waals surface area contributed by atoms with Crippen molar-refractivity contribution in [1.82, 2.24) is 4.98 Å². The fourth-order valence-corrected chi connectivity index (χ4v) is 5.05. The van der Waals surface area contributed by atoms with Crippen LogP contribution < -0.4 is 9.80 Å². The average Bonchev–Trinajstić information content (AvgIpc) is 3.18. The Morgan fingerprint density at radius 1 is 1.13 bits per heavy atom. The SMILES string of the molecule is Cc1ccc(C)c(C(=O)N(CCC[NH+]2CCOCC2)c2nc3c(C)cccc3s2)c1. The number of nitrogens with one attached hydrogen (secondary N) is 1. The summed E-state index contributed by atoms with van der Waals surface area (Å²) in [5.74, 6) is 0.0462. The van der Waals surface area contributed by atoms with E-state index in [2.05, 4.69) is 31.2 Å². The van der Waals surface area contributed by atoms with Crippen LogP contribution in [0.3, 0.4) is 0 Å². The number of amides is 1. The summed E-state index contributed by atoms with van der Waals surface area (Å²) in [6.07, 6.45) is 0.945. The highest BCUT2D eigenvalue weighted by molar-refractivity contribution is 7.22. The van der Waals surface area contributed by atoms with Crippen LogP contribution in [-0.4, -0.2) is 50.3 Å². The van der Waals surface area contributed by atoms with Crippen LogP contribution in [0.15, 0.2) is 36.4 Å². The number of para-hydroxylation sites is 1. The number of fused-ring (bicyclic) bond motifs is 1. The van der Waals surface area contributed by atoms with Crippen molar-refractivity contribution in [2.24, 2.45) is 0 Å². The highest BCUT2D eigenvalue weighted by atomic mass is 32.1. The maximum absolute atomic E-state index is 13.6. The van der Waals surface area contributed by atoms with E-state index in [1.165, 1.54) is 0 Å². The summed E-state index contributed by atoms with van der Waals surface area (Å²) in [7, 11) is 0. The first-order valence-corrected chi connectivity index (χ1v) is 11.5. The number of benzene rings is 2. The Balaban J connectivity index is 1.62. The lowest BCUT2D eigenvalue weighted by Gasteiger charge is -2.25. The summed E-state index contributed by atoms with van der Waals surface area (Å²) in [4.78, 5) is 22.0. The molecule has 3 aromatic rings. The van der Waals surface area contributed by atoms with Crippen LogP contribution in [0.5, 0.6) is 0 Å². The molecule has 1 amide bonds. The minimum Gasteiger partial charge on any atom is -0.370 e. The minimum atomic E-state index is 0.0462. The number of ether oxygens (including phenoxy) is 1. The lowest BCUT2D eigenvalue weighted by Crippen LogP contribution is -3.14. The van der Waals surface area contributed by atoms with Gasteiger partial charge in [0.1, 0.15) is 13.1 Å². The summed E-state index contributed by atoms with van der Waals surface area (Å²) in [6, 6.07) is 12.3. The summed E-state index contributed by atoms with van der Waals surface area (Å²) < 4.78 is 6.60. The quantitative estimate of drug-likeness (QED) is 0.661. The molecular weight excluding hydrogens is 394 g/mol. The molecular formula is C24H30N3O2S+. The average molecular weight is 425 g/mol. The Morgan fingerprint density at radius 2 is 1.93 bits per heavy atom. The molecule has 6 heteroatoms. The predicted octanol–water partition coefficient (Wildman–Crippen LogP) is 3.17. The van der Waals surface area contributed by atoms with Crippen LogP contribution in [0, 0.1) is 20.8 Å². The van der Waals surface area contributed by atoms with Gasteiger partial charge in [-0.25, -0.2) is 4.98 Å². The second kappa shape index (κ2) is 9.25. The van der Waals surface area contributed by atoms with E-state index in [4.69, 9.17) is 9.72 Å². The van der Waals surface area contributed by atoms with E-state index >= 15 is 0 Å². The number of morpholine rings is 1. The number of hydrogen-bond acceptors (Lipinski definition) is 4. The number of anilines is 1. The summed E-state index contributed by atoms with van der Waals surface area (Å²) >= 11 is 1.61. The lowest BCUT2D eigenvalue weighted by atomic mass is 10.0. The first kappa shape index (κ1) is 21.0. The zero-order valence-corrected chi connectivity index (χ0v) is 18.8. The largest absolute Gasteiger partial charge is 0.370 e. The molecule has 0 radical (unpaired) electrons. The molecule has 158 valence electrons. The first-order chi connectivity index (χ1) is 14.5. The molecule has 0 unspecified atom stereocenters. The van der Waals surface area contributed by atoms with Gasteiger partial charge in [0.2, 0.25) is 0 Å². The van der Waals surface area contributed by atoms with Gasteiger partial charge in [0.25, 0.3) is 5.91 Å². The normalized spacial score (nSPS) is 14.9. The van der Waals surface area contributed by atoms with E-state index in [0.717, 1.165) is 76.9 Å². The van der Waals surface area contributed by atoms with Crippen LogP contribution >= 0.6 is 11.3 Å². The number of rotatable bonds is 6. The monoisotopic (exact) mass is 424 g/mol. The van der Waals surface area contributed by atoms with Gasteiger partial charge in [-0.05, 0) is 44.0 Å². The van der Waals surface area contributed by atoms with Gasteiger partial charge in [0.05, 0.1) is 30.0 Å². The van der Waals surface area contributed by atoms with Crippen LogP contribution in [-0.2, 0) is 4.74 Å². The maximum atomic E-state index is 13.6. The van der Waals surface area contributed by atoms with Crippen molar-refractivity contribution in [1.29, 1.82) is 0 Å². The third kappa shape index (κ3) is 4.56. The molecule has 1 N–H and O–H groups in total. The van der Waals surface area contributed by atoms with Gasteiger partial charge >= 0.3 is 0 Å². The number of carbonyl (C=O) groups is 1. The number of carbonyl (C=O) groups excluding carboxylic acids is 1. The first-order valence-electron chi connectivity index (χ1n) is 10.7. The van der Waals surface area contributed by atoms with Gasteiger partial charge < -0.3 is 9.64 Å². The minimum absolute atomic E-state index is 0.0462. The van der Waals surface area contributed by atoms with Crippen molar-refractivity contribution in [3.05, 3.63) is 58.7 Å². The van der Waals surface area contributed by atoms with Gasteiger partial charge in [0.15, 0.2) is 5.13 Å². The van der Waals surface area contributed by atoms with E-state index < -0.39 is 0 Å². The van der Waals surface area contributed by atoms with Gasteiger partial charge in [0, 0.05) is 18.5 Å².